The van der Waals surface area contributed by atoms with E-state index in [9.17, 15) is 9.59 Å². The van der Waals surface area contributed by atoms with Gasteiger partial charge in [0.15, 0.2) is 0 Å². The summed E-state index contributed by atoms with van der Waals surface area (Å²) in [6, 6.07) is 15.7. The number of aromatic amines is 1. The molecule has 0 spiro atoms. The number of unbranched alkanes of at least 4 members (excludes halogenated alkanes) is 1. The van der Waals surface area contributed by atoms with Gasteiger partial charge in [0.05, 0.1) is 18.0 Å². The number of methoxy groups -OCH3 is 1. The molecule has 1 N–H and O–H groups in total. The predicted molar refractivity (Wildman–Crippen MR) is 120 cm³/mol. The average Bonchev–Trinajstić information content (AvgIpc) is 2.79. The van der Waals surface area contributed by atoms with Crippen molar-refractivity contribution in [1.82, 2.24) is 14.5 Å². The highest BCUT2D eigenvalue weighted by molar-refractivity contribution is 5.79. The summed E-state index contributed by atoms with van der Waals surface area (Å²) in [6.45, 7) is 3.58. The first-order valence-electron chi connectivity index (χ1n) is 10.4. The van der Waals surface area contributed by atoms with E-state index < -0.39 is 0 Å². The number of nitrogens with one attached hydrogen (secondary N) is 1. The molecule has 0 atom stereocenters. The number of nitrogens with zero attached hydrogens (tertiary/aromatic N) is 2. The van der Waals surface area contributed by atoms with Gasteiger partial charge in [0.1, 0.15) is 5.75 Å². The molecule has 30 heavy (non-hydrogen) atoms. The largest absolute Gasteiger partial charge is 0.497 e. The first-order chi connectivity index (χ1) is 14.7. The lowest BCUT2D eigenvalue weighted by Gasteiger charge is -2.26. The summed E-state index contributed by atoms with van der Waals surface area (Å²) < 4.78 is 6.90. The molecule has 0 saturated heterocycles. The lowest BCUT2D eigenvalue weighted by atomic mass is 9.99. The van der Waals surface area contributed by atoms with Crippen LogP contribution in [0.4, 0.5) is 0 Å². The zero-order valence-corrected chi connectivity index (χ0v) is 17.3. The molecule has 156 valence electrons. The maximum absolute atomic E-state index is 12.4. The third kappa shape index (κ3) is 4.39. The standard InChI is InChI=1S/C24H27N3O3/c1-30-20-9-10-21-22(17-20)27(24(29)25-23(21)28)14-6-5-13-26-15-11-19(12-16-26)18-7-3-2-4-8-18/h2-4,7-11,17H,5-6,12-16H2,1H3,(H,25,28,29). The van der Waals surface area contributed by atoms with Gasteiger partial charge in [-0.15, -0.1) is 0 Å². The van der Waals surface area contributed by atoms with Crippen LogP contribution in [0.15, 0.2) is 64.2 Å². The van der Waals surface area contributed by atoms with Crippen LogP contribution >= 0.6 is 0 Å². The number of benzene rings is 2. The second-order valence-corrected chi connectivity index (χ2v) is 7.65. The Balaban J connectivity index is 1.36. The molecule has 0 aliphatic carbocycles. The molecule has 0 amide bonds. The Hall–Kier alpha value is -3.12. The Kier molecular flexibility index (Phi) is 6.14. The number of aromatic nitrogens is 2. The van der Waals surface area contributed by atoms with E-state index in [0.717, 1.165) is 38.9 Å². The van der Waals surface area contributed by atoms with Gasteiger partial charge in [-0.1, -0.05) is 36.4 Å². The van der Waals surface area contributed by atoms with E-state index in [0.29, 0.717) is 23.2 Å². The fourth-order valence-electron chi connectivity index (χ4n) is 4.05. The van der Waals surface area contributed by atoms with Crippen molar-refractivity contribution in [3.05, 3.63) is 81.0 Å². The molecule has 4 rings (SSSR count). The molecule has 1 aliphatic rings. The van der Waals surface area contributed by atoms with Crippen LogP contribution in [0.3, 0.4) is 0 Å². The van der Waals surface area contributed by atoms with Gasteiger partial charge in [-0.05, 0) is 49.1 Å². The molecule has 0 radical (unpaired) electrons. The smallest absolute Gasteiger partial charge is 0.328 e. The van der Waals surface area contributed by atoms with Crippen molar-refractivity contribution in [3.63, 3.8) is 0 Å². The van der Waals surface area contributed by atoms with E-state index in [1.807, 2.05) is 6.07 Å². The van der Waals surface area contributed by atoms with Crippen LogP contribution in [0.5, 0.6) is 5.75 Å². The van der Waals surface area contributed by atoms with Gasteiger partial charge < -0.3 is 4.74 Å². The van der Waals surface area contributed by atoms with E-state index >= 15 is 0 Å². The molecule has 6 nitrogen and oxygen atoms in total. The minimum absolute atomic E-state index is 0.358. The van der Waals surface area contributed by atoms with E-state index in [1.54, 1.807) is 29.9 Å². The number of hydrogen-bond acceptors (Lipinski definition) is 4. The SMILES string of the molecule is COc1ccc2c(=O)[nH]c(=O)n(CCCCN3CC=C(c4ccccc4)CC3)c2c1. The van der Waals surface area contributed by atoms with Crippen LogP contribution < -0.4 is 16.0 Å². The lowest BCUT2D eigenvalue weighted by molar-refractivity contribution is 0.292. The zero-order valence-electron chi connectivity index (χ0n) is 17.3. The minimum atomic E-state index is -0.367. The third-order valence-corrected chi connectivity index (χ3v) is 5.75. The molecule has 0 saturated carbocycles. The number of fused-ring (bicyclic) bond motifs is 1. The number of H-pyrrole nitrogens is 1. The second-order valence-electron chi connectivity index (χ2n) is 7.65. The summed E-state index contributed by atoms with van der Waals surface area (Å²) in [5.74, 6) is 0.635. The topological polar surface area (TPSA) is 67.3 Å². The monoisotopic (exact) mass is 405 g/mol. The van der Waals surface area contributed by atoms with Crippen molar-refractivity contribution in [1.29, 1.82) is 0 Å². The Morgan fingerprint density at radius 1 is 1.03 bits per heavy atom. The molecule has 0 fully saturated rings. The van der Waals surface area contributed by atoms with Crippen molar-refractivity contribution in [2.75, 3.05) is 26.7 Å². The van der Waals surface area contributed by atoms with Crippen molar-refractivity contribution in [3.8, 4) is 5.75 Å². The summed E-state index contributed by atoms with van der Waals surface area (Å²) in [6.07, 6.45) is 5.24. The van der Waals surface area contributed by atoms with Gasteiger partial charge in [-0.3, -0.25) is 19.2 Å². The molecule has 0 unspecified atom stereocenters. The fourth-order valence-corrected chi connectivity index (χ4v) is 4.05. The second kappa shape index (κ2) is 9.13. The summed E-state index contributed by atoms with van der Waals surface area (Å²) in [7, 11) is 1.58. The summed E-state index contributed by atoms with van der Waals surface area (Å²) in [5, 5.41) is 0.505. The summed E-state index contributed by atoms with van der Waals surface area (Å²) in [5.41, 5.74) is 2.64. The molecular formula is C24H27N3O3. The normalized spacial score (nSPS) is 14.6. The van der Waals surface area contributed by atoms with Gasteiger partial charge in [0, 0.05) is 25.7 Å². The first-order valence-corrected chi connectivity index (χ1v) is 10.4. The molecule has 3 aromatic rings. The van der Waals surface area contributed by atoms with Gasteiger partial charge >= 0.3 is 5.69 Å². The molecule has 0 bridgehead atoms. The Morgan fingerprint density at radius 3 is 2.57 bits per heavy atom. The van der Waals surface area contributed by atoms with E-state index in [-0.39, 0.29) is 11.2 Å². The molecule has 1 aliphatic heterocycles. The van der Waals surface area contributed by atoms with Gasteiger partial charge in [0.25, 0.3) is 5.56 Å². The maximum Gasteiger partial charge on any atom is 0.328 e. The van der Waals surface area contributed by atoms with E-state index in [2.05, 4.69) is 40.2 Å². The Labute approximate surface area is 175 Å². The molecule has 2 aromatic carbocycles. The molecule has 2 heterocycles. The van der Waals surface area contributed by atoms with Crippen molar-refractivity contribution < 1.29 is 4.74 Å². The third-order valence-electron chi connectivity index (χ3n) is 5.75. The maximum atomic E-state index is 12.4. The summed E-state index contributed by atoms with van der Waals surface area (Å²) in [4.78, 5) is 29.3. The van der Waals surface area contributed by atoms with Gasteiger partial charge in [0.2, 0.25) is 0 Å². The highest BCUT2D eigenvalue weighted by atomic mass is 16.5. The van der Waals surface area contributed by atoms with Crippen LogP contribution in [-0.4, -0.2) is 41.2 Å². The van der Waals surface area contributed by atoms with Crippen LogP contribution in [0.2, 0.25) is 0 Å². The van der Waals surface area contributed by atoms with Crippen LogP contribution in [0.1, 0.15) is 24.8 Å². The number of hydrogen-bond donors (Lipinski definition) is 1. The van der Waals surface area contributed by atoms with Gasteiger partial charge in [-0.25, -0.2) is 4.79 Å². The fraction of sp³-hybridized carbons (Fsp3) is 0.333. The van der Waals surface area contributed by atoms with E-state index in [4.69, 9.17) is 4.74 Å². The Bertz CT molecular complexity index is 1160. The van der Waals surface area contributed by atoms with Crippen LogP contribution in [0, 0.1) is 0 Å². The van der Waals surface area contributed by atoms with Gasteiger partial charge in [-0.2, -0.15) is 0 Å². The predicted octanol–water partition coefficient (Wildman–Crippen LogP) is 3.27. The molecule has 6 heteroatoms. The highest BCUT2D eigenvalue weighted by Crippen LogP contribution is 2.22. The van der Waals surface area contributed by atoms with Crippen LogP contribution in [0.25, 0.3) is 16.5 Å². The number of rotatable bonds is 7. The lowest BCUT2D eigenvalue weighted by Crippen LogP contribution is -2.31. The average molecular weight is 405 g/mol. The van der Waals surface area contributed by atoms with Crippen molar-refractivity contribution in [2.45, 2.75) is 25.8 Å². The van der Waals surface area contributed by atoms with Crippen LogP contribution in [-0.2, 0) is 6.54 Å². The molecular weight excluding hydrogens is 378 g/mol. The van der Waals surface area contributed by atoms with Crippen molar-refractivity contribution >= 4 is 16.5 Å². The first kappa shape index (κ1) is 20.2. The number of ether oxygens (including phenoxy) is 1. The van der Waals surface area contributed by atoms with E-state index in [1.165, 1.54) is 11.1 Å². The highest BCUT2D eigenvalue weighted by Gasteiger charge is 2.13. The quantitative estimate of drug-likeness (QED) is 0.613. The summed E-state index contributed by atoms with van der Waals surface area (Å²) >= 11 is 0. The zero-order chi connectivity index (χ0) is 20.9. The molecule has 1 aromatic heterocycles. The van der Waals surface area contributed by atoms with Crippen molar-refractivity contribution in [2.24, 2.45) is 0 Å². The number of aryl methyl sites for hydroxylation is 1. The minimum Gasteiger partial charge on any atom is -0.497 e. The Morgan fingerprint density at radius 2 is 1.83 bits per heavy atom.